The molecule has 0 saturated carbocycles. The number of aliphatic hydroxyl groups is 1. The fourth-order valence-electron chi connectivity index (χ4n) is 1.59. The highest BCUT2D eigenvalue weighted by Gasteiger charge is 2.06. The topological polar surface area (TPSA) is 87.7 Å². The summed E-state index contributed by atoms with van der Waals surface area (Å²) in [5.74, 6) is -0.372. The molecular weight excluding hydrogens is 260 g/mol. The van der Waals surface area contributed by atoms with Crippen molar-refractivity contribution >= 4 is 17.5 Å². The highest BCUT2D eigenvalue weighted by Crippen LogP contribution is 2.10. The van der Waals surface area contributed by atoms with Gasteiger partial charge < -0.3 is 20.5 Å². The highest BCUT2D eigenvalue weighted by atomic mass is 16.5. The second-order valence-electron chi connectivity index (χ2n) is 4.21. The fourth-order valence-corrected chi connectivity index (χ4v) is 1.59. The maximum absolute atomic E-state index is 11.9. The number of aliphatic hydroxyl groups excluding tert-OH is 1. The Labute approximate surface area is 118 Å². The summed E-state index contributed by atoms with van der Waals surface area (Å²) in [6, 6.07) is 6.74. The molecule has 0 aliphatic carbocycles. The van der Waals surface area contributed by atoms with Crippen molar-refractivity contribution in [2.45, 2.75) is 13.3 Å². The summed E-state index contributed by atoms with van der Waals surface area (Å²) in [5.41, 5.74) is 1.09. The average Bonchev–Trinajstić information content (AvgIpc) is 2.42. The van der Waals surface area contributed by atoms with Crippen LogP contribution in [0.15, 0.2) is 24.3 Å². The van der Waals surface area contributed by atoms with Crippen molar-refractivity contribution in [2.75, 3.05) is 31.7 Å². The molecule has 0 saturated heterocycles. The van der Waals surface area contributed by atoms with Gasteiger partial charge in [0.25, 0.3) is 5.91 Å². The third kappa shape index (κ3) is 6.31. The molecule has 20 heavy (non-hydrogen) atoms. The van der Waals surface area contributed by atoms with Crippen LogP contribution < -0.4 is 10.6 Å². The number of hydrogen-bond acceptors (Lipinski definition) is 4. The Bertz CT molecular complexity index is 449. The standard InChI is InChI=1S/C14H20N2O4/c1-11(18)16-13-5-2-4-12(10-13)14(19)15-6-3-8-20-9-7-17/h2,4-5,10,17H,3,6-9H2,1H3,(H,15,19)(H,16,18). The smallest absolute Gasteiger partial charge is 0.251 e. The predicted octanol–water partition coefficient (Wildman–Crippen LogP) is 0.774. The van der Waals surface area contributed by atoms with Crippen LogP contribution in [0.3, 0.4) is 0 Å². The summed E-state index contributed by atoms with van der Waals surface area (Å²) in [6.45, 7) is 2.72. The number of hydrogen-bond donors (Lipinski definition) is 3. The molecule has 0 unspecified atom stereocenters. The first kappa shape index (κ1) is 16.1. The van der Waals surface area contributed by atoms with E-state index < -0.39 is 0 Å². The lowest BCUT2D eigenvalue weighted by atomic mass is 10.2. The maximum Gasteiger partial charge on any atom is 0.251 e. The van der Waals surface area contributed by atoms with Gasteiger partial charge in [-0.2, -0.15) is 0 Å². The van der Waals surface area contributed by atoms with Crippen molar-refractivity contribution in [1.29, 1.82) is 0 Å². The third-order valence-electron chi connectivity index (χ3n) is 2.43. The van der Waals surface area contributed by atoms with Gasteiger partial charge in [0.2, 0.25) is 5.91 Å². The van der Waals surface area contributed by atoms with Gasteiger partial charge in [0.15, 0.2) is 0 Å². The van der Waals surface area contributed by atoms with E-state index in [0.717, 1.165) is 0 Å². The molecule has 0 heterocycles. The summed E-state index contributed by atoms with van der Waals surface area (Å²) in [5, 5.41) is 13.9. The van der Waals surface area contributed by atoms with E-state index in [-0.39, 0.29) is 18.4 Å². The zero-order valence-corrected chi connectivity index (χ0v) is 11.5. The Hall–Kier alpha value is -1.92. The molecule has 0 fully saturated rings. The van der Waals surface area contributed by atoms with Crippen LogP contribution in [0.1, 0.15) is 23.7 Å². The molecular formula is C14H20N2O4. The van der Waals surface area contributed by atoms with Gasteiger partial charge in [0, 0.05) is 31.3 Å². The van der Waals surface area contributed by atoms with E-state index in [4.69, 9.17) is 9.84 Å². The highest BCUT2D eigenvalue weighted by molar-refractivity contribution is 5.96. The zero-order valence-electron chi connectivity index (χ0n) is 11.5. The van der Waals surface area contributed by atoms with Crippen LogP contribution in [-0.4, -0.2) is 43.3 Å². The van der Waals surface area contributed by atoms with E-state index in [1.807, 2.05) is 0 Å². The van der Waals surface area contributed by atoms with Crippen LogP contribution in [0.4, 0.5) is 5.69 Å². The number of amides is 2. The number of rotatable bonds is 8. The number of benzene rings is 1. The summed E-state index contributed by atoms with van der Waals surface area (Å²) >= 11 is 0. The molecule has 1 rings (SSSR count). The van der Waals surface area contributed by atoms with Gasteiger partial charge in [-0.05, 0) is 24.6 Å². The molecule has 0 aliphatic heterocycles. The molecule has 2 amide bonds. The van der Waals surface area contributed by atoms with Crippen LogP contribution in [0.2, 0.25) is 0 Å². The van der Waals surface area contributed by atoms with E-state index in [9.17, 15) is 9.59 Å². The van der Waals surface area contributed by atoms with Gasteiger partial charge >= 0.3 is 0 Å². The third-order valence-corrected chi connectivity index (χ3v) is 2.43. The summed E-state index contributed by atoms with van der Waals surface area (Å²) < 4.78 is 5.08. The van der Waals surface area contributed by atoms with Crippen LogP contribution in [-0.2, 0) is 9.53 Å². The molecule has 6 heteroatoms. The predicted molar refractivity (Wildman–Crippen MR) is 75.6 cm³/mol. The Balaban J connectivity index is 2.37. The zero-order chi connectivity index (χ0) is 14.8. The van der Waals surface area contributed by atoms with Gasteiger partial charge in [-0.15, -0.1) is 0 Å². The number of carbonyl (C=O) groups excluding carboxylic acids is 2. The minimum Gasteiger partial charge on any atom is -0.394 e. The van der Waals surface area contributed by atoms with Crippen molar-refractivity contribution in [3.63, 3.8) is 0 Å². The van der Waals surface area contributed by atoms with Gasteiger partial charge in [-0.25, -0.2) is 0 Å². The molecule has 1 aromatic carbocycles. The maximum atomic E-state index is 11.9. The van der Waals surface area contributed by atoms with Crippen molar-refractivity contribution < 1.29 is 19.4 Å². The molecule has 0 atom stereocenters. The van der Waals surface area contributed by atoms with Crippen LogP contribution in [0.25, 0.3) is 0 Å². The normalized spacial score (nSPS) is 10.1. The lowest BCUT2D eigenvalue weighted by molar-refractivity contribution is -0.114. The fraction of sp³-hybridized carbons (Fsp3) is 0.429. The summed E-state index contributed by atoms with van der Waals surface area (Å²) in [7, 11) is 0. The first-order valence-electron chi connectivity index (χ1n) is 6.48. The average molecular weight is 280 g/mol. The SMILES string of the molecule is CC(=O)Nc1cccc(C(=O)NCCCOCCO)c1. The molecule has 6 nitrogen and oxygen atoms in total. The Morgan fingerprint density at radius 2 is 2.10 bits per heavy atom. The van der Waals surface area contributed by atoms with E-state index in [2.05, 4.69) is 10.6 Å². The second kappa shape index (κ2) is 9.06. The minimum atomic E-state index is -0.195. The number of ether oxygens (including phenoxy) is 1. The first-order valence-corrected chi connectivity index (χ1v) is 6.48. The molecule has 0 aromatic heterocycles. The minimum absolute atomic E-state index is 0.00228. The second-order valence-corrected chi connectivity index (χ2v) is 4.21. The van der Waals surface area contributed by atoms with E-state index in [0.29, 0.717) is 37.4 Å². The monoisotopic (exact) mass is 280 g/mol. The van der Waals surface area contributed by atoms with E-state index >= 15 is 0 Å². The van der Waals surface area contributed by atoms with Gasteiger partial charge in [0.1, 0.15) is 0 Å². The van der Waals surface area contributed by atoms with Crippen LogP contribution in [0, 0.1) is 0 Å². The summed E-state index contributed by atoms with van der Waals surface area (Å²) in [6.07, 6.45) is 0.678. The van der Waals surface area contributed by atoms with Crippen molar-refractivity contribution in [1.82, 2.24) is 5.32 Å². The van der Waals surface area contributed by atoms with Crippen LogP contribution >= 0.6 is 0 Å². The number of anilines is 1. The molecule has 3 N–H and O–H groups in total. The quantitative estimate of drug-likeness (QED) is 0.614. The summed E-state index contributed by atoms with van der Waals surface area (Å²) in [4.78, 5) is 22.8. The van der Waals surface area contributed by atoms with Gasteiger partial charge in [0.05, 0.1) is 13.2 Å². The van der Waals surface area contributed by atoms with Gasteiger partial charge in [-0.3, -0.25) is 9.59 Å². The van der Waals surface area contributed by atoms with Crippen molar-refractivity contribution in [2.24, 2.45) is 0 Å². The Kier molecular flexibility index (Phi) is 7.31. The number of carbonyl (C=O) groups is 2. The van der Waals surface area contributed by atoms with Crippen LogP contribution in [0.5, 0.6) is 0 Å². The molecule has 0 spiro atoms. The molecule has 110 valence electrons. The van der Waals surface area contributed by atoms with E-state index in [1.165, 1.54) is 6.92 Å². The van der Waals surface area contributed by atoms with Crippen molar-refractivity contribution in [3.8, 4) is 0 Å². The van der Waals surface area contributed by atoms with Gasteiger partial charge in [-0.1, -0.05) is 6.07 Å². The lowest BCUT2D eigenvalue weighted by Gasteiger charge is -2.07. The molecule has 0 bridgehead atoms. The Morgan fingerprint density at radius 3 is 2.80 bits per heavy atom. The van der Waals surface area contributed by atoms with Crippen molar-refractivity contribution in [3.05, 3.63) is 29.8 Å². The Morgan fingerprint density at radius 1 is 1.30 bits per heavy atom. The first-order chi connectivity index (χ1) is 9.63. The lowest BCUT2D eigenvalue weighted by Crippen LogP contribution is -2.25. The molecule has 0 aliphatic rings. The number of nitrogens with one attached hydrogen (secondary N) is 2. The van der Waals surface area contributed by atoms with E-state index in [1.54, 1.807) is 24.3 Å². The largest absolute Gasteiger partial charge is 0.394 e. The molecule has 1 aromatic rings. The molecule has 0 radical (unpaired) electrons.